The highest BCUT2D eigenvalue weighted by Gasteiger charge is 2.26. The molecule has 0 aliphatic carbocycles. The monoisotopic (exact) mass is 427 g/mol. The van der Waals surface area contributed by atoms with Crippen LogP contribution < -0.4 is 5.32 Å². The third kappa shape index (κ3) is 6.06. The molecule has 0 radical (unpaired) electrons. The minimum atomic E-state index is -4.38. The Morgan fingerprint density at radius 3 is 2.41 bits per heavy atom. The van der Waals surface area contributed by atoms with Gasteiger partial charge < -0.3 is 10.1 Å². The number of ether oxygens (including phenoxy) is 1. The number of benzene rings is 2. The lowest BCUT2D eigenvalue weighted by Crippen LogP contribution is -2.43. The van der Waals surface area contributed by atoms with Gasteiger partial charge in [-0.25, -0.2) is 13.6 Å². The van der Waals surface area contributed by atoms with Crippen LogP contribution in [0.5, 0.6) is 0 Å². The number of amides is 1. The van der Waals surface area contributed by atoms with Crippen molar-refractivity contribution in [2.75, 3.05) is 12.4 Å². The number of carbonyl (C=O) groups is 2. The lowest BCUT2D eigenvalue weighted by Gasteiger charge is -2.18. The summed E-state index contributed by atoms with van der Waals surface area (Å²) in [5.41, 5.74) is -0.126. The Kier molecular flexibility index (Phi) is 7.40. The first kappa shape index (κ1) is 22.4. The predicted molar refractivity (Wildman–Crippen MR) is 101 cm³/mol. The standard InChI is InChI=1S/C19H19F2NO6S/c1-2-28-19(24)16(10-11-29(25,26)27)22-18(23)14-7-4-3-6-12(14)13-8-5-9-15(20)17(13)21/h3-9,16H,2,10-11H2,1H3,(H,22,23)(H,25,26,27)/t16-/m0/s1. The number of esters is 1. The second-order valence-corrected chi connectivity index (χ2v) is 7.57. The fourth-order valence-corrected chi connectivity index (χ4v) is 3.16. The molecule has 0 aliphatic rings. The number of hydrogen-bond acceptors (Lipinski definition) is 5. The summed E-state index contributed by atoms with van der Waals surface area (Å²) in [6.07, 6.45) is -0.431. The zero-order valence-corrected chi connectivity index (χ0v) is 16.2. The van der Waals surface area contributed by atoms with Gasteiger partial charge in [0.1, 0.15) is 6.04 Å². The fourth-order valence-electron chi connectivity index (χ4n) is 2.62. The van der Waals surface area contributed by atoms with Crippen LogP contribution in [0.4, 0.5) is 8.78 Å². The summed E-state index contributed by atoms with van der Waals surface area (Å²) < 4.78 is 63.5. The van der Waals surface area contributed by atoms with Gasteiger partial charge in [0.05, 0.1) is 12.4 Å². The van der Waals surface area contributed by atoms with Crippen molar-refractivity contribution in [3.8, 4) is 11.1 Å². The Hall–Kier alpha value is -2.85. The molecule has 0 saturated carbocycles. The summed E-state index contributed by atoms with van der Waals surface area (Å²) in [6.45, 7) is 1.52. The molecule has 2 N–H and O–H groups in total. The van der Waals surface area contributed by atoms with Gasteiger partial charge in [-0.2, -0.15) is 8.42 Å². The Balaban J connectivity index is 2.35. The Morgan fingerprint density at radius 2 is 1.76 bits per heavy atom. The highest BCUT2D eigenvalue weighted by molar-refractivity contribution is 7.85. The maximum Gasteiger partial charge on any atom is 0.328 e. The van der Waals surface area contributed by atoms with Gasteiger partial charge in [-0.1, -0.05) is 30.3 Å². The van der Waals surface area contributed by atoms with E-state index in [-0.39, 0.29) is 23.3 Å². The minimum absolute atomic E-state index is 0.0117. The van der Waals surface area contributed by atoms with E-state index in [1.165, 1.54) is 43.3 Å². The second-order valence-electron chi connectivity index (χ2n) is 6.00. The number of nitrogens with one attached hydrogen (secondary N) is 1. The smallest absolute Gasteiger partial charge is 0.328 e. The Bertz CT molecular complexity index is 1010. The van der Waals surface area contributed by atoms with E-state index < -0.39 is 51.8 Å². The molecule has 1 atom stereocenters. The lowest BCUT2D eigenvalue weighted by molar-refractivity contribution is -0.145. The van der Waals surface area contributed by atoms with Gasteiger partial charge in [0.25, 0.3) is 16.0 Å². The van der Waals surface area contributed by atoms with Crippen molar-refractivity contribution in [1.29, 1.82) is 0 Å². The predicted octanol–water partition coefficient (Wildman–Crippen LogP) is 2.57. The van der Waals surface area contributed by atoms with Gasteiger partial charge in [-0.15, -0.1) is 0 Å². The van der Waals surface area contributed by atoms with E-state index in [9.17, 15) is 26.8 Å². The summed E-state index contributed by atoms with van der Waals surface area (Å²) >= 11 is 0. The third-order valence-electron chi connectivity index (χ3n) is 3.95. The Labute approximate surface area is 166 Å². The molecule has 0 heterocycles. The minimum Gasteiger partial charge on any atom is -0.464 e. The first-order chi connectivity index (χ1) is 13.6. The van der Waals surface area contributed by atoms with E-state index in [1.54, 1.807) is 0 Å². The van der Waals surface area contributed by atoms with Crippen LogP contribution in [0.3, 0.4) is 0 Å². The quantitative estimate of drug-likeness (QED) is 0.495. The third-order valence-corrected chi connectivity index (χ3v) is 4.71. The van der Waals surface area contributed by atoms with E-state index in [2.05, 4.69) is 5.32 Å². The highest BCUT2D eigenvalue weighted by Crippen LogP contribution is 2.27. The summed E-state index contributed by atoms with van der Waals surface area (Å²) in [6, 6.07) is 7.93. The zero-order chi connectivity index (χ0) is 21.6. The van der Waals surface area contributed by atoms with E-state index in [4.69, 9.17) is 9.29 Å². The molecule has 0 bridgehead atoms. The van der Waals surface area contributed by atoms with Crippen LogP contribution in [0.1, 0.15) is 23.7 Å². The maximum atomic E-state index is 14.2. The van der Waals surface area contributed by atoms with E-state index >= 15 is 0 Å². The van der Waals surface area contributed by atoms with Crippen molar-refractivity contribution in [2.24, 2.45) is 0 Å². The van der Waals surface area contributed by atoms with Gasteiger partial charge in [0, 0.05) is 11.1 Å². The lowest BCUT2D eigenvalue weighted by atomic mass is 9.98. The van der Waals surface area contributed by atoms with Gasteiger partial charge in [0.2, 0.25) is 0 Å². The normalized spacial score (nSPS) is 12.3. The van der Waals surface area contributed by atoms with Crippen molar-refractivity contribution in [1.82, 2.24) is 5.32 Å². The van der Waals surface area contributed by atoms with Gasteiger partial charge in [-0.05, 0) is 31.0 Å². The second kappa shape index (κ2) is 9.57. The van der Waals surface area contributed by atoms with Crippen LogP contribution >= 0.6 is 0 Å². The average Bonchev–Trinajstić information content (AvgIpc) is 2.66. The van der Waals surface area contributed by atoms with E-state index in [1.807, 2.05) is 0 Å². The molecule has 0 spiro atoms. The largest absolute Gasteiger partial charge is 0.464 e. The fraction of sp³-hybridized carbons (Fsp3) is 0.263. The molecule has 0 aliphatic heterocycles. The van der Waals surface area contributed by atoms with E-state index in [0.717, 1.165) is 6.07 Å². The molecular formula is C19H19F2NO6S. The molecule has 0 unspecified atom stereocenters. The van der Waals surface area contributed by atoms with Crippen LogP contribution in [0.2, 0.25) is 0 Å². The topological polar surface area (TPSA) is 110 Å². The van der Waals surface area contributed by atoms with Crippen molar-refractivity contribution in [3.63, 3.8) is 0 Å². The van der Waals surface area contributed by atoms with Crippen molar-refractivity contribution in [2.45, 2.75) is 19.4 Å². The summed E-state index contributed by atoms with van der Waals surface area (Å²) in [7, 11) is -4.38. The molecule has 29 heavy (non-hydrogen) atoms. The zero-order valence-electron chi connectivity index (χ0n) is 15.4. The molecule has 2 aromatic carbocycles. The highest BCUT2D eigenvalue weighted by atomic mass is 32.2. The molecule has 2 aromatic rings. The molecule has 0 fully saturated rings. The number of rotatable bonds is 8. The van der Waals surface area contributed by atoms with E-state index in [0.29, 0.717) is 0 Å². The maximum absolute atomic E-state index is 14.2. The Morgan fingerprint density at radius 1 is 1.10 bits per heavy atom. The number of hydrogen-bond donors (Lipinski definition) is 2. The molecule has 1 amide bonds. The van der Waals surface area contributed by atoms with Crippen molar-refractivity contribution < 1.29 is 36.1 Å². The summed E-state index contributed by atoms with van der Waals surface area (Å²) in [5, 5.41) is 2.33. The summed E-state index contributed by atoms with van der Waals surface area (Å²) in [4.78, 5) is 24.8. The molecule has 0 aromatic heterocycles. The van der Waals surface area contributed by atoms with Crippen LogP contribution in [-0.2, 0) is 19.6 Å². The van der Waals surface area contributed by atoms with Gasteiger partial charge in [0.15, 0.2) is 11.6 Å². The average molecular weight is 427 g/mol. The first-order valence-electron chi connectivity index (χ1n) is 8.60. The van der Waals surface area contributed by atoms with Gasteiger partial charge >= 0.3 is 5.97 Å². The molecule has 7 nitrogen and oxygen atoms in total. The van der Waals surface area contributed by atoms with Crippen LogP contribution in [0.25, 0.3) is 11.1 Å². The molecule has 156 valence electrons. The first-order valence-corrected chi connectivity index (χ1v) is 10.2. The SMILES string of the molecule is CCOC(=O)[C@H](CCS(=O)(=O)O)NC(=O)c1ccccc1-c1cccc(F)c1F. The van der Waals surface area contributed by atoms with Crippen molar-refractivity contribution in [3.05, 3.63) is 59.7 Å². The molecule has 0 saturated heterocycles. The molecule has 2 rings (SSSR count). The van der Waals surface area contributed by atoms with Crippen molar-refractivity contribution >= 4 is 22.0 Å². The number of carbonyl (C=O) groups excluding carboxylic acids is 2. The molecule has 10 heteroatoms. The number of halogens is 2. The van der Waals surface area contributed by atoms with Gasteiger partial charge in [-0.3, -0.25) is 9.35 Å². The molecular weight excluding hydrogens is 408 g/mol. The van der Waals surface area contributed by atoms with Crippen LogP contribution in [0.15, 0.2) is 42.5 Å². The van der Waals surface area contributed by atoms with Crippen LogP contribution in [-0.4, -0.2) is 43.2 Å². The summed E-state index contributed by atoms with van der Waals surface area (Å²) in [5.74, 6) is -4.72. The van der Waals surface area contributed by atoms with Crippen LogP contribution in [0, 0.1) is 11.6 Å².